The third-order valence-electron chi connectivity index (χ3n) is 13.0. The van der Waals surface area contributed by atoms with Gasteiger partial charge < -0.3 is 89.0 Å². The Morgan fingerprint density at radius 2 is 1.25 bits per heavy atom. The maximum absolute atomic E-state index is 12.1. The molecular formula is C40H64O20. The zero-order valence-electron chi connectivity index (χ0n) is 33.7. The summed E-state index contributed by atoms with van der Waals surface area (Å²) >= 11 is 0. The molecule has 0 aromatic carbocycles. The normalized spacial score (nSPS) is 46.4. The molecule has 344 valence electrons. The molecule has 3 heterocycles. The fourth-order valence-electron chi connectivity index (χ4n) is 9.43. The largest absolute Gasteiger partial charge is 0.469 e. The van der Waals surface area contributed by atoms with Gasteiger partial charge in [0.15, 0.2) is 12.6 Å². The lowest BCUT2D eigenvalue weighted by molar-refractivity contribution is -0.345. The lowest BCUT2D eigenvalue weighted by Crippen LogP contribution is -2.63. The van der Waals surface area contributed by atoms with Crippen molar-refractivity contribution in [1.29, 1.82) is 0 Å². The van der Waals surface area contributed by atoms with E-state index >= 15 is 0 Å². The van der Waals surface area contributed by atoms with E-state index in [1.54, 1.807) is 0 Å². The van der Waals surface area contributed by atoms with Crippen LogP contribution in [0.1, 0.15) is 70.6 Å². The van der Waals surface area contributed by atoms with Crippen LogP contribution in [0.2, 0.25) is 0 Å². The molecule has 0 bridgehead atoms. The van der Waals surface area contributed by atoms with E-state index in [9.17, 15) is 60.7 Å². The van der Waals surface area contributed by atoms with Gasteiger partial charge in [0, 0.05) is 12.3 Å². The molecule has 6 fully saturated rings. The Hall–Kier alpha value is -1.96. The molecule has 10 N–H and O–H groups in total. The summed E-state index contributed by atoms with van der Waals surface area (Å²) in [5.74, 6) is -2.45. The molecule has 3 aliphatic heterocycles. The standard InChI is InChI=1S/C40H64O20/c1-53-30(45)15-31(46)55-17-29-33(48)35(50)36(51)39(60-29)57-26-13-21(42)12-25-22(26)14-27(38(56-25)19-6-9-23(43)24(44)11-19)58-40-37(52)34(49)32(47)28(59-40)16-54-10-2-3-18-4-7-20(41)8-5-18/h2-3,18-29,32-44,47-52H,4-17H2,1H3. The predicted octanol–water partition coefficient (Wildman–Crippen LogP) is -2.95. The maximum atomic E-state index is 12.1. The van der Waals surface area contributed by atoms with E-state index in [4.69, 9.17) is 33.2 Å². The van der Waals surface area contributed by atoms with E-state index in [-0.39, 0.29) is 57.3 Å². The third-order valence-corrected chi connectivity index (χ3v) is 13.0. The summed E-state index contributed by atoms with van der Waals surface area (Å²) < 4.78 is 46.4. The van der Waals surface area contributed by atoms with E-state index in [1.165, 1.54) is 0 Å². The van der Waals surface area contributed by atoms with Crippen molar-refractivity contribution in [3.05, 3.63) is 12.2 Å². The first-order valence-electron chi connectivity index (χ1n) is 21.2. The van der Waals surface area contributed by atoms with Crippen molar-refractivity contribution in [2.45, 2.75) is 181 Å². The van der Waals surface area contributed by atoms with Gasteiger partial charge in [0.1, 0.15) is 61.9 Å². The fraction of sp³-hybridized carbons (Fsp3) is 0.900. The smallest absolute Gasteiger partial charge is 0.317 e. The van der Waals surface area contributed by atoms with Gasteiger partial charge in [-0.3, -0.25) is 9.59 Å². The van der Waals surface area contributed by atoms with Gasteiger partial charge in [0.2, 0.25) is 0 Å². The first kappa shape index (κ1) is 47.5. The summed E-state index contributed by atoms with van der Waals surface area (Å²) in [5, 5.41) is 107. The van der Waals surface area contributed by atoms with Crippen LogP contribution >= 0.6 is 0 Å². The molecule has 0 spiro atoms. The summed E-state index contributed by atoms with van der Waals surface area (Å²) in [6.45, 7) is -0.566. The highest BCUT2D eigenvalue weighted by molar-refractivity contribution is 5.91. The van der Waals surface area contributed by atoms with Gasteiger partial charge in [-0.1, -0.05) is 12.2 Å². The zero-order chi connectivity index (χ0) is 43.2. The van der Waals surface area contributed by atoms with Crippen LogP contribution in [0.3, 0.4) is 0 Å². The van der Waals surface area contributed by atoms with Gasteiger partial charge in [0.25, 0.3) is 0 Å². The van der Waals surface area contributed by atoms with Crippen LogP contribution in [0, 0.1) is 17.8 Å². The summed E-state index contributed by atoms with van der Waals surface area (Å²) in [5.41, 5.74) is 0. The number of carbonyl (C=O) groups excluding carboxylic acids is 2. The second-order valence-electron chi connectivity index (χ2n) is 17.2. The summed E-state index contributed by atoms with van der Waals surface area (Å²) in [6, 6.07) is 0. The van der Waals surface area contributed by atoms with Crippen LogP contribution in [-0.4, -0.2) is 200 Å². The molecule has 3 saturated heterocycles. The number of esters is 2. The number of methoxy groups -OCH3 is 1. The molecule has 0 amide bonds. The number of hydrogen-bond donors (Lipinski definition) is 10. The zero-order valence-corrected chi connectivity index (χ0v) is 33.7. The number of aliphatic hydroxyl groups excluding tert-OH is 10. The summed E-state index contributed by atoms with van der Waals surface area (Å²) in [7, 11) is 1.09. The van der Waals surface area contributed by atoms with Crippen LogP contribution in [0.4, 0.5) is 0 Å². The van der Waals surface area contributed by atoms with Gasteiger partial charge in [-0.15, -0.1) is 0 Å². The Balaban J connectivity index is 1.14. The number of hydrogen-bond acceptors (Lipinski definition) is 20. The highest BCUT2D eigenvalue weighted by Crippen LogP contribution is 2.45. The Bertz CT molecular complexity index is 1400. The van der Waals surface area contributed by atoms with Crippen LogP contribution in [0.15, 0.2) is 12.2 Å². The number of ether oxygens (including phenoxy) is 8. The van der Waals surface area contributed by atoms with Crippen molar-refractivity contribution in [1.82, 2.24) is 0 Å². The lowest BCUT2D eigenvalue weighted by atomic mass is 9.72. The molecular weight excluding hydrogens is 800 g/mol. The van der Waals surface area contributed by atoms with E-state index in [0.29, 0.717) is 12.3 Å². The fourth-order valence-corrected chi connectivity index (χ4v) is 9.43. The van der Waals surface area contributed by atoms with E-state index in [2.05, 4.69) is 4.74 Å². The Morgan fingerprint density at radius 1 is 0.617 bits per heavy atom. The van der Waals surface area contributed by atoms with Crippen molar-refractivity contribution in [2.75, 3.05) is 26.9 Å². The molecule has 3 aliphatic carbocycles. The molecule has 60 heavy (non-hydrogen) atoms. The van der Waals surface area contributed by atoms with Gasteiger partial charge in [-0.25, -0.2) is 0 Å². The molecule has 3 saturated carbocycles. The summed E-state index contributed by atoms with van der Waals surface area (Å²) in [6.07, 6.45) is -14.6. The number of allylic oxidation sites excluding steroid dienone is 1. The van der Waals surface area contributed by atoms with E-state index in [1.807, 2.05) is 12.2 Å². The number of rotatable bonds is 14. The second kappa shape index (κ2) is 21.6. The third kappa shape index (κ3) is 11.8. The Labute approximate surface area is 347 Å². The molecule has 19 unspecified atom stereocenters. The van der Waals surface area contributed by atoms with Crippen LogP contribution in [0.5, 0.6) is 0 Å². The van der Waals surface area contributed by atoms with Gasteiger partial charge in [-0.2, -0.15) is 0 Å². The number of carbonyl (C=O) groups is 2. The molecule has 0 aromatic rings. The van der Waals surface area contributed by atoms with Crippen LogP contribution in [0.25, 0.3) is 0 Å². The lowest BCUT2D eigenvalue weighted by Gasteiger charge is -2.52. The van der Waals surface area contributed by atoms with Crippen LogP contribution in [-0.2, 0) is 47.5 Å². The van der Waals surface area contributed by atoms with Crippen LogP contribution < -0.4 is 0 Å². The average molecular weight is 865 g/mol. The van der Waals surface area contributed by atoms with Crippen molar-refractivity contribution in [3.63, 3.8) is 0 Å². The van der Waals surface area contributed by atoms with Crippen molar-refractivity contribution in [2.24, 2.45) is 17.8 Å². The Morgan fingerprint density at radius 3 is 1.88 bits per heavy atom. The average Bonchev–Trinajstić information content (AvgIpc) is 3.22. The van der Waals surface area contributed by atoms with Crippen molar-refractivity contribution < 1.29 is 98.5 Å². The number of fused-ring (bicyclic) bond motifs is 1. The quantitative estimate of drug-likeness (QED) is 0.0361. The van der Waals surface area contributed by atoms with E-state index < -0.39 is 135 Å². The van der Waals surface area contributed by atoms with Crippen molar-refractivity contribution in [3.8, 4) is 0 Å². The Kier molecular flexibility index (Phi) is 17.1. The molecule has 20 heteroatoms. The minimum Gasteiger partial charge on any atom is -0.469 e. The molecule has 6 aliphatic rings. The molecule has 6 rings (SSSR count). The first-order chi connectivity index (χ1) is 28.6. The first-order valence-corrected chi connectivity index (χ1v) is 21.2. The second-order valence-corrected chi connectivity index (χ2v) is 17.2. The minimum absolute atomic E-state index is 0.0181. The van der Waals surface area contributed by atoms with Gasteiger partial charge in [-0.05, 0) is 69.6 Å². The monoisotopic (exact) mass is 864 g/mol. The SMILES string of the molecule is COC(=O)CC(=O)OCC1OC(OC2CC(O)CC3OC(C4CCC(O)C(O)C4)C(OC4OC(COCC=CC5CCC(O)CC5)C(O)C(O)C4O)CC23)C(O)C(O)C1O. The molecule has 20 nitrogen and oxygen atoms in total. The topological polar surface area (TPSA) is 310 Å². The molecule has 19 atom stereocenters. The minimum atomic E-state index is -1.81. The van der Waals surface area contributed by atoms with E-state index in [0.717, 1.165) is 32.8 Å². The molecule has 0 radical (unpaired) electrons. The predicted molar refractivity (Wildman–Crippen MR) is 200 cm³/mol. The van der Waals surface area contributed by atoms with Crippen molar-refractivity contribution >= 4 is 11.9 Å². The molecule has 0 aromatic heterocycles. The number of aliphatic hydroxyl groups is 10. The maximum Gasteiger partial charge on any atom is 0.317 e. The highest BCUT2D eigenvalue weighted by atomic mass is 16.7. The van der Waals surface area contributed by atoms with Gasteiger partial charge >= 0.3 is 11.9 Å². The highest BCUT2D eigenvalue weighted by Gasteiger charge is 2.54. The van der Waals surface area contributed by atoms with Gasteiger partial charge in [0.05, 0.1) is 69.2 Å². The summed E-state index contributed by atoms with van der Waals surface area (Å²) in [4.78, 5) is 23.6.